The van der Waals surface area contributed by atoms with E-state index in [2.05, 4.69) is 39.6 Å². The van der Waals surface area contributed by atoms with E-state index in [0.717, 1.165) is 48.7 Å². The number of carbonyl (C=O) groups excluding carboxylic acids is 1. The van der Waals surface area contributed by atoms with Crippen LogP contribution in [-0.4, -0.2) is 59.8 Å². The standard InChI is InChI=1S/C27H42N2O2S/c1-19-7-8-24-26(2,3)9-6-10-27(24,4)23(19)18-32-22-16-20(15-21(30)17-22)25(31)29-13-11-28(5)12-14-29/h15-17,19,23-24,30H,6-14,18H2,1-5H3. The Morgan fingerprint density at radius 1 is 1.09 bits per heavy atom. The minimum Gasteiger partial charge on any atom is -0.508 e. The van der Waals surface area contributed by atoms with Crippen LogP contribution >= 0.6 is 11.8 Å². The largest absolute Gasteiger partial charge is 0.508 e. The highest BCUT2D eigenvalue weighted by atomic mass is 32.2. The van der Waals surface area contributed by atoms with Gasteiger partial charge in [0.2, 0.25) is 0 Å². The Bertz CT molecular complexity index is 833. The molecule has 0 bridgehead atoms. The summed E-state index contributed by atoms with van der Waals surface area (Å²) in [5.74, 6) is 3.50. The van der Waals surface area contributed by atoms with E-state index in [-0.39, 0.29) is 11.7 Å². The first-order valence-corrected chi connectivity index (χ1v) is 13.5. The molecule has 1 amide bonds. The fourth-order valence-electron chi connectivity index (χ4n) is 7.13. The third kappa shape index (κ3) is 4.70. The van der Waals surface area contributed by atoms with E-state index in [1.54, 1.807) is 6.07 Å². The Balaban J connectivity index is 1.49. The lowest BCUT2D eigenvalue weighted by Crippen LogP contribution is -2.51. The molecule has 3 fully saturated rings. The molecule has 1 aromatic carbocycles. The van der Waals surface area contributed by atoms with Gasteiger partial charge in [-0.25, -0.2) is 0 Å². The van der Waals surface area contributed by atoms with Crippen molar-refractivity contribution in [3.63, 3.8) is 0 Å². The maximum absolute atomic E-state index is 13.1. The molecule has 1 N–H and O–H groups in total. The summed E-state index contributed by atoms with van der Waals surface area (Å²) in [7, 11) is 2.09. The minimum atomic E-state index is 0.0444. The first kappa shape index (κ1) is 23.9. The Kier molecular flexibility index (Phi) is 6.89. The third-order valence-corrected chi connectivity index (χ3v) is 10.2. The number of nitrogens with zero attached hydrogens (tertiary/aromatic N) is 2. The van der Waals surface area contributed by atoms with Crippen LogP contribution in [0.1, 0.15) is 70.2 Å². The lowest BCUT2D eigenvalue weighted by molar-refractivity contribution is -0.0850. The van der Waals surface area contributed by atoms with Crippen LogP contribution in [0.2, 0.25) is 0 Å². The van der Waals surface area contributed by atoms with Gasteiger partial charge in [0.25, 0.3) is 5.91 Å². The molecule has 0 spiro atoms. The molecule has 3 aliphatic rings. The van der Waals surface area contributed by atoms with E-state index in [9.17, 15) is 9.90 Å². The molecule has 5 heteroatoms. The van der Waals surface area contributed by atoms with Crippen molar-refractivity contribution in [1.29, 1.82) is 0 Å². The maximum atomic E-state index is 13.1. The van der Waals surface area contributed by atoms with Crippen LogP contribution in [0.25, 0.3) is 0 Å². The summed E-state index contributed by atoms with van der Waals surface area (Å²) in [5, 5.41) is 10.4. The van der Waals surface area contributed by atoms with Gasteiger partial charge >= 0.3 is 0 Å². The average molecular weight is 459 g/mol. The molecule has 1 saturated heterocycles. The van der Waals surface area contributed by atoms with E-state index in [1.165, 1.54) is 32.1 Å². The molecule has 4 nitrogen and oxygen atoms in total. The van der Waals surface area contributed by atoms with Crippen molar-refractivity contribution in [2.75, 3.05) is 39.0 Å². The molecule has 4 rings (SSSR count). The number of amides is 1. The zero-order valence-electron chi connectivity index (χ0n) is 20.7. The second-order valence-electron chi connectivity index (χ2n) is 11.7. The predicted molar refractivity (Wildman–Crippen MR) is 133 cm³/mol. The first-order chi connectivity index (χ1) is 15.1. The van der Waals surface area contributed by atoms with Gasteiger partial charge in [-0.05, 0) is 73.1 Å². The van der Waals surface area contributed by atoms with Crippen LogP contribution in [0.5, 0.6) is 5.75 Å². The number of thioether (sulfide) groups is 1. The van der Waals surface area contributed by atoms with E-state index in [1.807, 2.05) is 28.8 Å². The van der Waals surface area contributed by atoms with Gasteiger partial charge in [-0.3, -0.25) is 4.79 Å². The van der Waals surface area contributed by atoms with Gasteiger partial charge in [-0.1, -0.05) is 40.5 Å². The van der Waals surface area contributed by atoms with E-state index >= 15 is 0 Å². The highest BCUT2D eigenvalue weighted by Crippen LogP contribution is 2.61. The smallest absolute Gasteiger partial charge is 0.254 e. The van der Waals surface area contributed by atoms with Crippen molar-refractivity contribution in [2.24, 2.45) is 28.6 Å². The number of phenols is 1. The quantitative estimate of drug-likeness (QED) is 0.584. The van der Waals surface area contributed by atoms with Gasteiger partial charge in [0, 0.05) is 42.4 Å². The summed E-state index contributed by atoms with van der Waals surface area (Å²) in [6, 6.07) is 5.47. The number of fused-ring (bicyclic) bond motifs is 1. The number of likely N-dealkylation sites (N-methyl/N-ethyl adjacent to an activating group) is 1. The van der Waals surface area contributed by atoms with E-state index < -0.39 is 0 Å². The summed E-state index contributed by atoms with van der Waals surface area (Å²) in [5.41, 5.74) is 1.45. The average Bonchev–Trinajstić information content (AvgIpc) is 2.72. The molecule has 0 aromatic heterocycles. The predicted octanol–water partition coefficient (Wildman–Crippen LogP) is 5.75. The van der Waals surface area contributed by atoms with Crippen LogP contribution in [0.15, 0.2) is 23.1 Å². The number of carbonyl (C=O) groups is 1. The number of piperazine rings is 1. The Morgan fingerprint density at radius 2 is 1.81 bits per heavy atom. The molecule has 4 unspecified atom stereocenters. The summed E-state index contributed by atoms with van der Waals surface area (Å²) < 4.78 is 0. The van der Waals surface area contributed by atoms with Crippen molar-refractivity contribution < 1.29 is 9.90 Å². The van der Waals surface area contributed by atoms with Gasteiger partial charge in [0.05, 0.1) is 0 Å². The lowest BCUT2D eigenvalue weighted by Gasteiger charge is -2.59. The topological polar surface area (TPSA) is 43.8 Å². The number of hydrogen-bond donors (Lipinski definition) is 1. The molecule has 178 valence electrons. The molecule has 32 heavy (non-hydrogen) atoms. The van der Waals surface area contributed by atoms with Crippen LogP contribution in [0.4, 0.5) is 0 Å². The summed E-state index contributed by atoms with van der Waals surface area (Å²) in [4.78, 5) is 18.3. The second kappa shape index (κ2) is 9.21. The number of benzene rings is 1. The SMILES string of the molecule is CC1CCC2C(C)(C)CCCC2(C)C1CSc1cc(O)cc(C(=O)N2CCN(C)CC2)c1. The first-order valence-electron chi connectivity index (χ1n) is 12.5. The summed E-state index contributed by atoms with van der Waals surface area (Å²) >= 11 is 1.84. The molecule has 1 aromatic rings. The van der Waals surface area contributed by atoms with Crippen molar-refractivity contribution in [3.05, 3.63) is 23.8 Å². The molecular weight excluding hydrogens is 416 g/mol. The molecule has 1 aliphatic heterocycles. The van der Waals surface area contributed by atoms with Gasteiger partial charge in [0.15, 0.2) is 0 Å². The number of phenolic OH excluding ortho intramolecular Hbond substituents is 1. The molecule has 2 saturated carbocycles. The van der Waals surface area contributed by atoms with E-state index in [4.69, 9.17) is 0 Å². The normalized spacial score (nSPS) is 33.0. The van der Waals surface area contributed by atoms with Gasteiger partial charge in [0.1, 0.15) is 5.75 Å². The molecule has 1 heterocycles. The van der Waals surface area contributed by atoms with Gasteiger partial charge < -0.3 is 14.9 Å². The lowest BCUT2D eigenvalue weighted by atomic mass is 9.47. The summed E-state index contributed by atoms with van der Waals surface area (Å²) in [6.45, 7) is 13.3. The van der Waals surface area contributed by atoms with Gasteiger partial charge in [-0.2, -0.15) is 0 Å². The van der Waals surface area contributed by atoms with E-state index in [0.29, 0.717) is 22.3 Å². The molecular formula is C27H42N2O2S. The Morgan fingerprint density at radius 3 is 2.53 bits per heavy atom. The maximum Gasteiger partial charge on any atom is 0.254 e. The Labute approximate surface area is 199 Å². The second-order valence-corrected chi connectivity index (χ2v) is 12.8. The Hall–Kier alpha value is -1.20. The van der Waals surface area contributed by atoms with Crippen LogP contribution in [0, 0.1) is 28.6 Å². The van der Waals surface area contributed by atoms with Crippen molar-refractivity contribution in [2.45, 2.75) is 64.7 Å². The monoisotopic (exact) mass is 458 g/mol. The molecule has 4 atom stereocenters. The number of aromatic hydroxyl groups is 1. The highest BCUT2D eigenvalue weighted by Gasteiger charge is 2.53. The fraction of sp³-hybridized carbons (Fsp3) is 0.741. The fourth-order valence-corrected chi connectivity index (χ4v) is 8.63. The molecule has 2 aliphatic carbocycles. The number of rotatable bonds is 4. The van der Waals surface area contributed by atoms with Crippen LogP contribution < -0.4 is 0 Å². The van der Waals surface area contributed by atoms with Gasteiger partial charge in [-0.15, -0.1) is 11.8 Å². The zero-order chi connectivity index (χ0) is 23.1. The summed E-state index contributed by atoms with van der Waals surface area (Å²) in [6.07, 6.45) is 6.71. The minimum absolute atomic E-state index is 0.0444. The van der Waals surface area contributed by atoms with Crippen LogP contribution in [0.3, 0.4) is 0 Å². The third-order valence-electron chi connectivity index (χ3n) is 9.08. The van der Waals surface area contributed by atoms with Crippen molar-refractivity contribution in [3.8, 4) is 5.75 Å². The number of hydrogen-bond acceptors (Lipinski definition) is 4. The van der Waals surface area contributed by atoms with Crippen molar-refractivity contribution >= 4 is 17.7 Å². The zero-order valence-corrected chi connectivity index (χ0v) is 21.5. The van der Waals surface area contributed by atoms with Crippen LogP contribution in [-0.2, 0) is 0 Å². The molecule has 0 radical (unpaired) electrons. The van der Waals surface area contributed by atoms with Crippen molar-refractivity contribution in [1.82, 2.24) is 9.80 Å². The highest BCUT2D eigenvalue weighted by molar-refractivity contribution is 7.99.